The fourth-order valence-corrected chi connectivity index (χ4v) is 3.48. The van der Waals surface area contributed by atoms with Crippen LogP contribution in [0, 0.1) is 0 Å². The largest absolute Gasteiger partial charge is 0.497 e. The molecule has 1 unspecified atom stereocenters. The SMILES string of the molecule is COC(=O)CCC(C)N1C(=O)c2ccc(OC)cc2C12CC2. The number of nitrogens with zero attached hydrogens (tertiary/aromatic N) is 1. The molecule has 1 aliphatic heterocycles. The van der Waals surface area contributed by atoms with Crippen molar-refractivity contribution in [3.05, 3.63) is 29.3 Å². The molecule has 0 saturated heterocycles. The Labute approximate surface area is 130 Å². The summed E-state index contributed by atoms with van der Waals surface area (Å²) in [7, 11) is 3.02. The van der Waals surface area contributed by atoms with Crippen LogP contribution in [0.4, 0.5) is 0 Å². The Morgan fingerprint density at radius 2 is 2.09 bits per heavy atom. The molecule has 1 heterocycles. The van der Waals surface area contributed by atoms with Crippen LogP contribution in [0.25, 0.3) is 0 Å². The molecule has 1 spiro atoms. The Morgan fingerprint density at radius 3 is 2.68 bits per heavy atom. The van der Waals surface area contributed by atoms with Crippen molar-refractivity contribution < 1.29 is 19.1 Å². The molecule has 0 N–H and O–H groups in total. The number of amides is 1. The molecule has 22 heavy (non-hydrogen) atoms. The standard InChI is InChI=1S/C17H21NO4/c1-11(4-7-15(19)22-3)18-16(20)13-6-5-12(21-2)10-14(13)17(18)8-9-17/h5-6,10-11H,4,7-9H2,1-3H3. The Kier molecular flexibility index (Phi) is 3.59. The van der Waals surface area contributed by atoms with E-state index in [2.05, 4.69) is 0 Å². The van der Waals surface area contributed by atoms with Crippen LogP contribution in [0.5, 0.6) is 5.75 Å². The summed E-state index contributed by atoms with van der Waals surface area (Å²) in [6.07, 6.45) is 2.89. The smallest absolute Gasteiger partial charge is 0.305 e. The molecule has 118 valence electrons. The van der Waals surface area contributed by atoms with Crippen molar-refractivity contribution >= 4 is 11.9 Å². The summed E-state index contributed by atoms with van der Waals surface area (Å²) < 4.78 is 9.98. The summed E-state index contributed by atoms with van der Waals surface area (Å²) in [5, 5.41) is 0. The first kappa shape index (κ1) is 14.9. The average molecular weight is 303 g/mol. The number of fused-ring (bicyclic) bond motifs is 2. The highest BCUT2D eigenvalue weighted by Gasteiger charge is 2.59. The molecule has 1 aliphatic carbocycles. The van der Waals surface area contributed by atoms with Crippen molar-refractivity contribution in [2.75, 3.05) is 14.2 Å². The third-order valence-corrected chi connectivity index (χ3v) is 4.80. The maximum Gasteiger partial charge on any atom is 0.305 e. The number of hydrogen-bond acceptors (Lipinski definition) is 4. The van der Waals surface area contributed by atoms with E-state index in [0.717, 1.165) is 29.7 Å². The molecule has 0 aromatic heterocycles. The van der Waals surface area contributed by atoms with Gasteiger partial charge in [-0.1, -0.05) is 0 Å². The maximum absolute atomic E-state index is 12.8. The van der Waals surface area contributed by atoms with Gasteiger partial charge in [-0.3, -0.25) is 9.59 Å². The molecular formula is C17H21NO4. The van der Waals surface area contributed by atoms with E-state index in [1.165, 1.54) is 7.11 Å². The number of benzene rings is 1. The fraction of sp³-hybridized carbons (Fsp3) is 0.529. The number of ether oxygens (including phenoxy) is 2. The summed E-state index contributed by atoms with van der Waals surface area (Å²) in [5.41, 5.74) is 1.65. The van der Waals surface area contributed by atoms with E-state index in [-0.39, 0.29) is 23.5 Å². The second-order valence-corrected chi connectivity index (χ2v) is 6.08. The van der Waals surface area contributed by atoms with Crippen LogP contribution in [-0.2, 0) is 15.1 Å². The number of esters is 1. The van der Waals surface area contributed by atoms with Gasteiger partial charge in [0, 0.05) is 18.0 Å². The summed E-state index contributed by atoms with van der Waals surface area (Å²) >= 11 is 0. The number of carbonyl (C=O) groups is 2. The van der Waals surface area contributed by atoms with Gasteiger partial charge in [-0.2, -0.15) is 0 Å². The quantitative estimate of drug-likeness (QED) is 0.784. The minimum Gasteiger partial charge on any atom is -0.497 e. The number of carbonyl (C=O) groups excluding carboxylic acids is 2. The zero-order valence-corrected chi connectivity index (χ0v) is 13.2. The molecule has 0 radical (unpaired) electrons. The van der Waals surface area contributed by atoms with E-state index in [9.17, 15) is 9.59 Å². The van der Waals surface area contributed by atoms with Gasteiger partial charge < -0.3 is 14.4 Å². The van der Waals surface area contributed by atoms with Crippen molar-refractivity contribution in [1.82, 2.24) is 4.90 Å². The normalized spacial score (nSPS) is 19.0. The number of methoxy groups -OCH3 is 2. The second kappa shape index (κ2) is 5.30. The van der Waals surface area contributed by atoms with E-state index < -0.39 is 0 Å². The number of rotatable bonds is 5. The van der Waals surface area contributed by atoms with Crippen molar-refractivity contribution in [2.24, 2.45) is 0 Å². The molecule has 1 fully saturated rings. The van der Waals surface area contributed by atoms with E-state index in [4.69, 9.17) is 9.47 Å². The van der Waals surface area contributed by atoms with Crippen LogP contribution in [0.15, 0.2) is 18.2 Å². The van der Waals surface area contributed by atoms with Crippen LogP contribution in [-0.4, -0.2) is 37.0 Å². The van der Waals surface area contributed by atoms with Crippen molar-refractivity contribution in [1.29, 1.82) is 0 Å². The van der Waals surface area contributed by atoms with Crippen LogP contribution in [0.3, 0.4) is 0 Å². The van der Waals surface area contributed by atoms with Crippen LogP contribution >= 0.6 is 0 Å². The molecular weight excluding hydrogens is 282 g/mol. The van der Waals surface area contributed by atoms with Crippen LogP contribution in [0.1, 0.15) is 48.5 Å². The molecule has 5 nitrogen and oxygen atoms in total. The highest BCUT2D eigenvalue weighted by Crippen LogP contribution is 2.58. The lowest BCUT2D eigenvalue weighted by molar-refractivity contribution is -0.141. The summed E-state index contributed by atoms with van der Waals surface area (Å²) in [5.74, 6) is 0.608. The molecule has 1 aromatic rings. The van der Waals surface area contributed by atoms with Gasteiger partial charge in [0.2, 0.25) is 0 Å². The van der Waals surface area contributed by atoms with Gasteiger partial charge in [0.25, 0.3) is 5.91 Å². The summed E-state index contributed by atoms with van der Waals surface area (Å²) in [6, 6.07) is 5.67. The van der Waals surface area contributed by atoms with Crippen LogP contribution in [0.2, 0.25) is 0 Å². The van der Waals surface area contributed by atoms with Gasteiger partial charge in [-0.05, 0) is 49.9 Å². The monoisotopic (exact) mass is 303 g/mol. The molecule has 1 aromatic carbocycles. The molecule has 5 heteroatoms. The Morgan fingerprint density at radius 1 is 1.36 bits per heavy atom. The molecule has 3 rings (SSSR count). The molecule has 0 bridgehead atoms. The number of hydrogen-bond donors (Lipinski definition) is 0. The lowest BCUT2D eigenvalue weighted by Crippen LogP contribution is -2.41. The first-order valence-corrected chi connectivity index (χ1v) is 7.62. The highest BCUT2D eigenvalue weighted by atomic mass is 16.5. The van der Waals surface area contributed by atoms with Crippen molar-refractivity contribution in [3.63, 3.8) is 0 Å². The Bertz CT molecular complexity index is 621. The predicted molar refractivity (Wildman–Crippen MR) is 80.8 cm³/mol. The Balaban J connectivity index is 1.85. The third-order valence-electron chi connectivity index (χ3n) is 4.80. The molecule has 1 atom stereocenters. The van der Waals surface area contributed by atoms with Gasteiger partial charge in [-0.25, -0.2) is 0 Å². The predicted octanol–water partition coefficient (Wildman–Crippen LogP) is 2.48. The summed E-state index contributed by atoms with van der Waals surface area (Å²) in [6.45, 7) is 2.00. The zero-order chi connectivity index (χ0) is 15.9. The van der Waals surface area contributed by atoms with Gasteiger partial charge >= 0.3 is 5.97 Å². The maximum atomic E-state index is 12.8. The zero-order valence-electron chi connectivity index (χ0n) is 13.2. The van der Waals surface area contributed by atoms with E-state index in [1.807, 2.05) is 30.0 Å². The first-order chi connectivity index (χ1) is 10.5. The van der Waals surface area contributed by atoms with Crippen LogP contribution < -0.4 is 4.74 Å². The topological polar surface area (TPSA) is 55.8 Å². The summed E-state index contributed by atoms with van der Waals surface area (Å²) in [4.78, 5) is 26.1. The van der Waals surface area contributed by atoms with E-state index in [1.54, 1.807) is 7.11 Å². The van der Waals surface area contributed by atoms with Gasteiger partial charge in [-0.15, -0.1) is 0 Å². The molecule has 1 saturated carbocycles. The van der Waals surface area contributed by atoms with Gasteiger partial charge in [0.15, 0.2) is 0 Å². The van der Waals surface area contributed by atoms with Crippen molar-refractivity contribution in [3.8, 4) is 5.75 Å². The Hall–Kier alpha value is -2.04. The lowest BCUT2D eigenvalue weighted by Gasteiger charge is -2.31. The lowest BCUT2D eigenvalue weighted by atomic mass is 10.0. The minimum absolute atomic E-state index is 0.00694. The minimum atomic E-state index is -0.234. The fourth-order valence-electron chi connectivity index (χ4n) is 3.48. The third kappa shape index (κ3) is 2.16. The highest BCUT2D eigenvalue weighted by molar-refractivity contribution is 6.01. The average Bonchev–Trinajstić information content (AvgIpc) is 3.28. The first-order valence-electron chi connectivity index (χ1n) is 7.62. The second-order valence-electron chi connectivity index (χ2n) is 6.08. The van der Waals surface area contributed by atoms with Crippen molar-refractivity contribution in [2.45, 2.75) is 44.2 Å². The molecule has 1 amide bonds. The van der Waals surface area contributed by atoms with E-state index in [0.29, 0.717) is 12.8 Å². The molecule has 2 aliphatic rings. The van der Waals surface area contributed by atoms with Gasteiger partial charge in [0.05, 0.1) is 19.8 Å². The van der Waals surface area contributed by atoms with E-state index >= 15 is 0 Å². The van der Waals surface area contributed by atoms with Gasteiger partial charge in [0.1, 0.15) is 5.75 Å².